The van der Waals surface area contributed by atoms with Crippen molar-refractivity contribution in [2.45, 2.75) is 20.0 Å². The Morgan fingerprint density at radius 1 is 1.36 bits per heavy atom. The Hall–Kier alpha value is -0.870. The Balaban J connectivity index is 2.25. The fourth-order valence-corrected chi connectivity index (χ4v) is 0.965. The van der Waals surface area contributed by atoms with Crippen LogP contribution in [0.4, 0.5) is 0 Å². The lowest BCUT2D eigenvalue weighted by molar-refractivity contribution is 0.0541. The monoisotopic (exact) mass is 216 g/mol. The Morgan fingerprint density at radius 2 is 2.14 bits per heavy atom. The van der Waals surface area contributed by atoms with Gasteiger partial charge in [-0.05, 0) is 13.8 Å². The largest absolute Gasteiger partial charge is 0.474 e. The van der Waals surface area contributed by atoms with Gasteiger partial charge in [-0.1, -0.05) is 11.6 Å². The lowest BCUT2D eigenvalue weighted by Crippen LogP contribution is -2.11. The standard InChI is InChI=1S/C9H13ClN2O2/c1-7(2)13-3-4-14-9-6-11-5-8(10)12-9/h5-7H,3-4H2,1-2H3. The molecule has 0 amide bonds. The summed E-state index contributed by atoms with van der Waals surface area (Å²) in [5.41, 5.74) is 0. The third kappa shape index (κ3) is 4.39. The maximum Gasteiger partial charge on any atom is 0.233 e. The van der Waals surface area contributed by atoms with Gasteiger partial charge in [0.05, 0.1) is 25.1 Å². The van der Waals surface area contributed by atoms with E-state index >= 15 is 0 Å². The highest BCUT2D eigenvalue weighted by molar-refractivity contribution is 6.29. The van der Waals surface area contributed by atoms with Crippen molar-refractivity contribution in [3.63, 3.8) is 0 Å². The molecule has 1 aromatic rings. The van der Waals surface area contributed by atoms with E-state index in [2.05, 4.69) is 9.97 Å². The lowest BCUT2D eigenvalue weighted by Gasteiger charge is -2.08. The predicted molar refractivity (Wildman–Crippen MR) is 53.6 cm³/mol. The second-order valence-corrected chi connectivity index (χ2v) is 3.34. The molecule has 0 aliphatic heterocycles. The summed E-state index contributed by atoms with van der Waals surface area (Å²) in [5, 5.41) is 0.326. The van der Waals surface area contributed by atoms with E-state index in [4.69, 9.17) is 21.1 Å². The van der Waals surface area contributed by atoms with Crippen molar-refractivity contribution in [1.82, 2.24) is 9.97 Å². The second kappa shape index (κ2) is 5.78. The molecule has 5 heteroatoms. The zero-order valence-electron chi connectivity index (χ0n) is 8.24. The molecule has 0 unspecified atom stereocenters. The molecule has 78 valence electrons. The van der Waals surface area contributed by atoms with E-state index in [0.29, 0.717) is 24.2 Å². The SMILES string of the molecule is CC(C)OCCOc1cncc(Cl)n1. The number of hydrogen-bond acceptors (Lipinski definition) is 4. The summed E-state index contributed by atoms with van der Waals surface area (Å²) < 4.78 is 10.5. The van der Waals surface area contributed by atoms with Gasteiger partial charge in [0.2, 0.25) is 5.88 Å². The zero-order valence-corrected chi connectivity index (χ0v) is 8.99. The second-order valence-electron chi connectivity index (χ2n) is 2.95. The maximum absolute atomic E-state index is 5.62. The quantitative estimate of drug-likeness (QED) is 0.706. The first-order chi connectivity index (χ1) is 6.68. The fourth-order valence-electron chi connectivity index (χ4n) is 0.825. The average Bonchev–Trinajstić information content (AvgIpc) is 2.12. The maximum atomic E-state index is 5.62. The Kier molecular flexibility index (Phi) is 4.62. The van der Waals surface area contributed by atoms with Gasteiger partial charge in [-0.15, -0.1) is 0 Å². The van der Waals surface area contributed by atoms with E-state index in [0.717, 1.165) is 0 Å². The number of halogens is 1. The summed E-state index contributed by atoms with van der Waals surface area (Å²) in [6, 6.07) is 0. The van der Waals surface area contributed by atoms with Gasteiger partial charge in [0.25, 0.3) is 0 Å². The van der Waals surface area contributed by atoms with E-state index < -0.39 is 0 Å². The van der Waals surface area contributed by atoms with Gasteiger partial charge in [0.15, 0.2) is 5.15 Å². The fraction of sp³-hybridized carbons (Fsp3) is 0.556. The summed E-state index contributed by atoms with van der Waals surface area (Å²) in [7, 11) is 0. The average molecular weight is 217 g/mol. The minimum Gasteiger partial charge on any atom is -0.474 e. The van der Waals surface area contributed by atoms with E-state index in [1.165, 1.54) is 12.4 Å². The molecule has 14 heavy (non-hydrogen) atoms. The van der Waals surface area contributed by atoms with Gasteiger partial charge in [0.1, 0.15) is 6.61 Å². The van der Waals surface area contributed by atoms with Crippen LogP contribution in [-0.2, 0) is 4.74 Å². The predicted octanol–water partition coefficient (Wildman–Crippen LogP) is 1.93. The van der Waals surface area contributed by atoms with Gasteiger partial charge in [0, 0.05) is 0 Å². The molecule has 1 rings (SSSR count). The number of ether oxygens (including phenoxy) is 2. The van der Waals surface area contributed by atoms with Crippen LogP contribution in [0, 0.1) is 0 Å². The highest BCUT2D eigenvalue weighted by atomic mass is 35.5. The van der Waals surface area contributed by atoms with Crippen molar-refractivity contribution in [3.05, 3.63) is 17.5 Å². The number of rotatable bonds is 5. The number of aromatic nitrogens is 2. The molecule has 0 fully saturated rings. The Morgan fingerprint density at radius 3 is 2.79 bits per heavy atom. The number of nitrogens with zero attached hydrogens (tertiary/aromatic N) is 2. The molecule has 1 aromatic heterocycles. The molecule has 0 atom stereocenters. The van der Waals surface area contributed by atoms with Crippen LogP contribution in [-0.4, -0.2) is 29.3 Å². The third-order valence-electron chi connectivity index (χ3n) is 1.37. The first-order valence-electron chi connectivity index (χ1n) is 4.40. The van der Waals surface area contributed by atoms with Crippen molar-refractivity contribution < 1.29 is 9.47 Å². The van der Waals surface area contributed by atoms with Gasteiger partial charge in [-0.25, -0.2) is 0 Å². The molecule has 0 N–H and O–H groups in total. The van der Waals surface area contributed by atoms with Crippen molar-refractivity contribution in [2.24, 2.45) is 0 Å². The van der Waals surface area contributed by atoms with Crippen molar-refractivity contribution in [1.29, 1.82) is 0 Å². The van der Waals surface area contributed by atoms with Crippen LogP contribution in [0.5, 0.6) is 5.88 Å². The van der Waals surface area contributed by atoms with Crippen LogP contribution < -0.4 is 4.74 Å². The summed E-state index contributed by atoms with van der Waals surface area (Å²) in [5.74, 6) is 0.421. The van der Waals surface area contributed by atoms with Crippen LogP contribution in [0.25, 0.3) is 0 Å². The molecule has 0 aromatic carbocycles. The molecule has 0 spiro atoms. The van der Waals surface area contributed by atoms with Gasteiger partial charge < -0.3 is 9.47 Å². The van der Waals surface area contributed by atoms with Crippen LogP contribution in [0.2, 0.25) is 5.15 Å². The summed E-state index contributed by atoms with van der Waals surface area (Å²) in [6.45, 7) is 4.93. The van der Waals surface area contributed by atoms with Gasteiger partial charge in [-0.2, -0.15) is 4.98 Å². The molecule has 0 saturated heterocycles. The Bertz CT molecular complexity index is 281. The number of hydrogen-bond donors (Lipinski definition) is 0. The zero-order chi connectivity index (χ0) is 10.4. The first kappa shape index (κ1) is 11.2. The van der Waals surface area contributed by atoms with Crippen LogP contribution in [0.3, 0.4) is 0 Å². The van der Waals surface area contributed by atoms with Gasteiger partial charge >= 0.3 is 0 Å². The Labute approximate surface area is 88.2 Å². The van der Waals surface area contributed by atoms with E-state index in [-0.39, 0.29) is 6.10 Å². The molecular weight excluding hydrogens is 204 g/mol. The molecular formula is C9H13ClN2O2. The minimum absolute atomic E-state index is 0.212. The molecule has 0 aliphatic rings. The summed E-state index contributed by atoms with van der Waals surface area (Å²) >= 11 is 5.62. The molecule has 1 heterocycles. The van der Waals surface area contributed by atoms with Gasteiger partial charge in [-0.3, -0.25) is 4.98 Å². The molecule has 0 radical (unpaired) electrons. The van der Waals surface area contributed by atoms with Crippen molar-refractivity contribution in [3.8, 4) is 5.88 Å². The van der Waals surface area contributed by atoms with Crippen molar-refractivity contribution in [2.75, 3.05) is 13.2 Å². The van der Waals surface area contributed by atoms with Crippen LogP contribution in [0.1, 0.15) is 13.8 Å². The normalized spacial score (nSPS) is 10.6. The minimum atomic E-state index is 0.212. The molecule has 0 aliphatic carbocycles. The van der Waals surface area contributed by atoms with E-state index in [1.807, 2.05) is 13.8 Å². The lowest BCUT2D eigenvalue weighted by atomic mass is 10.5. The summed E-state index contributed by atoms with van der Waals surface area (Å²) in [4.78, 5) is 7.75. The summed E-state index contributed by atoms with van der Waals surface area (Å²) in [6.07, 6.45) is 3.18. The van der Waals surface area contributed by atoms with E-state index in [9.17, 15) is 0 Å². The third-order valence-corrected chi connectivity index (χ3v) is 1.55. The highest BCUT2D eigenvalue weighted by Crippen LogP contribution is 2.08. The molecule has 0 saturated carbocycles. The molecule has 4 nitrogen and oxygen atoms in total. The highest BCUT2D eigenvalue weighted by Gasteiger charge is 1.98. The van der Waals surface area contributed by atoms with Crippen LogP contribution >= 0.6 is 11.6 Å². The smallest absolute Gasteiger partial charge is 0.233 e. The van der Waals surface area contributed by atoms with Crippen LogP contribution in [0.15, 0.2) is 12.4 Å². The molecule has 0 bridgehead atoms. The van der Waals surface area contributed by atoms with E-state index in [1.54, 1.807) is 0 Å². The van der Waals surface area contributed by atoms with Crippen molar-refractivity contribution >= 4 is 11.6 Å². The topological polar surface area (TPSA) is 44.2 Å². The first-order valence-corrected chi connectivity index (χ1v) is 4.78.